The van der Waals surface area contributed by atoms with Gasteiger partial charge in [0.2, 0.25) is 0 Å². The van der Waals surface area contributed by atoms with Crippen LogP contribution in [-0.2, 0) is 0 Å². The third kappa shape index (κ3) is 3.94. The summed E-state index contributed by atoms with van der Waals surface area (Å²) in [5, 5.41) is 0.674. The van der Waals surface area contributed by atoms with Gasteiger partial charge < -0.3 is 10.6 Å². The molecule has 0 aliphatic heterocycles. The van der Waals surface area contributed by atoms with Crippen molar-refractivity contribution in [3.05, 3.63) is 23.2 Å². The zero-order valence-electron chi connectivity index (χ0n) is 7.45. The smallest absolute Gasteiger partial charge is 0.0595 e. The largest absolute Gasteiger partial charge is 0.397 e. The molecule has 1 aromatic rings. The van der Waals surface area contributed by atoms with Crippen LogP contribution in [0.2, 0.25) is 5.02 Å². The minimum absolute atomic E-state index is 0. The number of halogens is 3. The normalized spacial score (nSPS) is 8.23. The molecule has 0 unspecified atom stereocenters. The van der Waals surface area contributed by atoms with Gasteiger partial charge in [0.05, 0.1) is 11.4 Å². The summed E-state index contributed by atoms with van der Waals surface area (Å²) in [6.45, 7) is 0. The Balaban J connectivity index is 0. The molecule has 0 atom stereocenters. The van der Waals surface area contributed by atoms with E-state index in [4.69, 9.17) is 17.3 Å². The zero-order valence-corrected chi connectivity index (χ0v) is 9.84. The van der Waals surface area contributed by atoms with Crippen molar-refractivity contribution in [1.29, 1.82) is 0 Å². The minimum Gasteiger partial charge on any atom is -0.397 e. The van der Waals surface area contributed by atoms with E-state index >= 15 is 0 Å². The summed E-state index contributed by atoms with van der Waals surface area (Å²) >= 11 is 5.72. The second-order valence-electron chi connectivity index (χ2n) is 2.60. The summed E-state index contributed by atoms with van der Waals surface area (Å²) in [4.78, 5) is 1.95. The lowest BCUT2D eigenvalue weighted by Gasteiger charge is -2.14. The fourth-order valence-electron chi connectivity index (χ4n) is 0.933. The van der Waals surface area contributed by atoms with Crippen LogP contribution in [0.4, 0.5) is 11.4 Å². The van der Waals surface area contributed by atoms with Crippen LogP contribution in [0.15, 0.2) is 18.2 Å². The molecule has 5 heteroatoms. The molecule has 1 rings (SSSR count). The fraction of sp³-hybridized carbons (Fsp3) is 0.250. The van der Waals surface area contributed by atoms with Crippen LogP contribution in [0.3, 0.4) is 0 Å². The molecule has 0 fully saturated rings. The van der Waals surface area contributed by atoms with Crippen molar-refractivity contribution >= 4 is 47.8 Å². The van der Waals surface area contributed by atoms with Gasteiger partial charge in [-0.15, -0.1) is 24.8 Å². The maximum atomic E-state index is 5.72. The third-order valence-electron chi connectivity index (χ3n) is 1.47. The highest BCUT2D eigenvalue weighted by molar-refractivity contribution is 6.31. The first kappa shape index (κ1) is 15.2. The van der Waals surface area contributed by atoms with Gasteiger partial charge in [0.1, 0.15) is 0 Å². The van der Waals surface area contributed by atoms with Gasteiger partial charge in [-0.3, -0.25) is 0 Å². The fourth-order valence-corrected chi connectivity index (χ4v) is 1.11. The van der Waals surface area contributed by atoms with Crippen molar-refractivity contribution in [2.75, 3.05) is 24.7 Å². The Hall–Kier alpha value is -0.310. The summed E-state index contributed by atoms with van der Waals surface area (Å²) in [6.07, 6.45) is 0. The number of benzene rings is 1. The standard InChI is InChI=1S/C8H11ClN2.2ClH/c1-11(2)8-4-3-6(9)5-7(8)10;;/h3-5H,10H2,1-2H3;2*1H. The molecule has 0 aliphatic rings. The van der Waals surface area contributed by atoms with E-state index in [0.29, 0.717) is 10.7 Å². The number of anilines is 2. The number of rotatable bonds is 1. The quantitative estimate of drug-likeness (QED) is 0.769. The molecule has 0 heterocycles. The molecular formula is C8H13Cl3N2. The van der Waals surface area contributed by atoms with E-state index in [1.165, 1.54) is 0 Å². The van der Waals surface area contributed by atoms with Gasteiger partial charge in [0.25, 0.3) is 0 Å². The molecule has 0 spiro atoms. The number of hydrogen-bond acceptors (Lipinski definition) is 2. The first-order valence-corrected chi connectivity index (χ1v) is 3.71. The lowest BCUT2D eigenvalue weighted by atomic mass is 10.2. The highest BCUT2D eigenvalue weighted by atomic mass is 35.5. The minimum atomic E-state index is 0. The molecule has 0 radical (unpaired) electrons. The van der Waals surface area contributed by atoms with Gasteiger partial charge in [-0.2, -0.15) is 0 Å². The number of nitrogen functional groups attached to an aromatic ring is 1. The molecule has 0 bridgehead atoms. The van der Waals surface area contributed by atoms with Crippen LogP contribution in [-0.4, -0.2) is 14.1 Å². The van der Waals surface area contributed by atoms with Crippen LogP contribution in [0.5, 0.6) is 0 Å². The van der Waals surface area contributed by atoms with Crippen molar-refractivity contribution in [2.24, 2.45) is 0 Å². The predicted molar refractivity (Wildman–Crippen MR) is 64.7 cm³/mol. The third-order valence-corrected chi connectivity index (χ3v) is 1.71. The summed E-state index contributed by atoms with van der Waals surface area (Å²) in [5.74, 6) is 0. The molecule has 0 aliphatic carbocycles. The van der Waals surface area contributed by atoms with E-state index in [2.05, 4.69) is 0 Å². The van der Waals surface area contributed by atoms with Crippen LogP contribution < -0.4 is 10.6 Å². The van der Waals surface area contributed by atoms with E-state index < -0.39 is 0 Å². The molecule has 0 saturated heterocycles. The van der Waals surface area contributed by atoms with Crippen molar-refractivity contribution in [3.63, 3.8) is 0 Å². The SMILES string of the molecule is CN(C)c1ccc(Cl)cc1N.Cl.Cl. The second kappa shape index (κ2) is 6.19. The summed E-state index contributed by atoms with van der Waals surface area (Å²) in [7, 11) is 3.89. The molecule has 0 amide bonds. The monoisotopic (exact) mass is 242 g/mol. The lowest BCUT2D eigenvalue weighted by molar-refractivity contribution is 1.13. The highest BCUT2D eigenvalue weighted by Crippen LogP contribution is 2.24. The average Bonchev–Trinajstić information content (AvgIpc) is 1.85. The average molecular weight is 244 g/mol. The number of nitrogens with two attached hydrogens (primary N) is 1. The molecule has 0 aromatic heterocycles. The predicted octanol–water partition coefficient (Wildman–Crippen LogP) is 2.83. The second-order valence-corrected chi connectivity index (χ2v) is 3.03. The van der Waals surface area contributed by atoms with E-state index in [0.717, 1.165) is 5.69 Å². The van der Waals surface area contributed by atoms with Crippen LogP contribution in [0, 0.1) is 0 Å². The Morgan fingerprint density at radius 1 is 1.23 bits per heavy atom. The van der Waals surface area contributed by atoms with Gasteiger partial charge in [0, 0.05) is 19.1 Å². The molecule has 2 N–H and O–H groups in total. The maximum absolute atomic E-state index is 5.72. The zero-order chi connectivity index (χ0) is 8.43. The Morgan fingerprint density at radius 2 is 1.77 bits per heavy atom. The molecule has 13 heavy (non-hydrogen) atoms. The van der Waals surface area contributed by atoms with Crippen molar-refractivity contribution < 1.29 is 0 Å². The Morgan fingerprint density at radius 3 is 2.15 bits per heavy atom. The van der Waals surface area contributed by atoms with Crippen LogP contribution in [0.1, 0.15) is 0 Å². The summed E-state index contributed by atoms with van der Waals surface area (Å²) < 4.78 is 0. The van der Waals surface area contributed by atoms with Crippen LogP contribution >= 0.6 is 36.4 Å². The molecule has 2 nitrogen and oxygen atoms in total. The summed E-state index contributed by atoms with van der Waals surface area (Å²) in [6, 6.07) is 5.47. The van der Waals surface area contributed by atoms with Crippen LogP contribution in [0.25, 0.3) is 0 Å². The molecule has 76 valence electrons. The van der Waals surface area contributed by atoms with E-state index in [1.807, 2.05) is 31.1 Å². The Bertz CT molecular complexity index is 264. The number of hydrogen-bond donors (Lipinski definition) is 1. The van der Waals surface area contributed by atoms with Gasteiger partial charge in [-0.1, -0.05) is 11.6 Å². The molecule has 0 saturated carbocycles. The summed E-state index contributed by atoms with van der Waals surface area (Å²) in [5.41, 5.74) is 7.40. The van der Waals surface area contributed by atoms with Crippen molar-refractivity contribution in [1.82, 2.24) is 0 Å². The maximum Gasteiger partial charge on any atom is 0.0595 e. The van der Waals surface area contributed by atoms with E-state index in [9.17, 15) is 0 Å². The van der Waals surface area contributed by atoms with Crippen molar-refractivity contribution in [2.45, 2.75) is 0 Å². The van der Waals surface area contributed by atoms with E-state index in [1.54, 1.807) is 6.07 Å². The first-order valence-electron chi connectivity index (χ1n) is 3.33. The highest BCUT2D eigenvalue weighted by Gasteiger charge is 1.99. The topological polar surface area (TPSA) is 29.3 Å². The van der Waals surface area contributed by atoms with E-state index in [-0.39, 0.29) is 24.8 Å². The van der Waals surface area contributed by atoms with Gasteiger partial charge in [-0.25, -0.2) is 0 Å². The van der Waals surface area contributed by atoms with Gasteiger partial charge >= 0.3 is 0 Å². The lowest BCUT2D eigenvalue weighted by Crippen LogP contribution is -2.10. The first-order chi connectivity index (χ1) is 5.11. The number of nitrogens with zero attached hydrogens (tertiary/aromatic N) is 1. The molecule has 1 aromatic carbocycles. The van der Waals surface area contributed by atoms with Gasteiger partial charge in [-0.05, 0) is 18.2 Å². The van der Waals surface area contributed by atoms with Crippen molar-refractivity contribution in [3.8, 4) is 0 Å². The Kier molecular flexibility index (Phi) is 7.23. The molecular weight excluding hydrogens is 230 g/mol. The van der Waals surface area contributed by atoms with Gasteiger partial charge in [0.15, 0.2) is 0 Å². The Labute approximate surface area is 95.9 Å².